The summed E-state index contributed by atoms with van der Waals surface area (Å²) in [6, 6.07) is 6.30. The van der Waals surface area contributed by atoms with Gasteiger partial charge < -0.3 is 19.7 Å². The molecule has 1 N–H and O–H groups in total. The molecule has 0 aliphatic carbocycles. The minimum atomic E-state index is 0.249. The zero-order valence-electron chi connectivity index (χ0n) is 12.9. The number of nitrogens with zero attached hydrogens (tertiary/aromatic N) is 1. The van der Waals surface area contributed by atoms with Gasteiger partial charge in [-0.05, 0) is 31.0 Å². The fourth-order valence-corrected chi connectivity index (χ4v) is 2.86. The Balaban J connectivity index is 1.97. The van der Waals surface area contributed by atoms with Crippen molar-refractivity contribution in [1.82, 2.24) is 5.32 Å². The third kappa shape index (κ3) is 5.15. The van der Waals surface area contributed by atoms with Crippen LogP contribution >= 0.6 is 11.6 Å². The molecule has 0 bridgehead atoms. The van der Waals surface area contributed by atoms with Crippen molar-refractivity contribution in [2.24, 2.45) is 0 Å². The minimum absolute atomic E-state index is 0.249. The maximum atomic E-state index is 6.47. The summed E-state index contributed by atoms with van der Waals surface area (Å²) in [7, 11) is 1.71. The second kappa shape index (κ2) is 8.59. The normalized spacial score (nSPS) is 19.6. The lowest BCUT2D eigenvalue weighted by molar-refractivity contribution is 0.0821. The summed E-state index contributed by atoms with van der Waals surface area (Å²) in [6.07, 6.45) is 1.29. The highest BCUT2D eigenvalue weighted by Crippen LogP contribution is 2.28. The number of anilines is 1. The molecule has 1 atom stereocenters. The summed E-state index contributed by atoms with van der Waals surface area (Å²) < 4.78 is 10.7. The average Bonchev–Trinajstić information content (AvgIpc) is 2.68. The molecule has 4 nitrogen and oxygen atoms in total. The van der Waals surface area contributed by atoms with Crippen molar-refractivity contribution >= 4 is 17.3 Å². The summed E-state index contributed by atoms with van der Waals surface area (Å²) in [6.45, 7) is 7.20. The summed E-state index contributed by atoms with van der Waals surface area (Å²) in [4.78, 5) is 2.32. The monoisotopic (exact) mass is 312 g/mol. The highest BCUT2D eigenvalue weighted by atomic mass is 35.5. The quantitative estimate of drug-likeness (QED) is 0.819. The first-order valence-electron chi connectivity index (χ1n) is 7.55. The largest absolute Gasteiger partial charge is 0.383 e. The maximum Gasteiger partial charge on any atom is 0.0721 e. The van der Waals surface area contributed by atoms with Gasteiger partial charge in [-0.15, -0.1) is 0 Å². The van der Waals surface area contributed by atoms with E-state index in [2.05, 4.69) is 29.3 Å². The van der Waals surface area contributed by atoms with Crippen LogP contribution in [-0.2, 0) is 16.0 Å². The molecule has 1 aliphatic heterocycles. The molecule has 5 heteroatoms. The first-order valence-corrected chi connectivity index (χ1v) is 7.93. The molecule has 0 aromatic heterocycles. The van der Waals surface area contributed by atoms with Crippen LogP contribution in [-0.4, -0.2) is 46.1 Å². The zero-order valence-corrected chi connectivity index (χ0v) is 13.7. The van der Waals surface area contributed by atoms with Gasteiger partial charge in [0, 0.05) is 39.9 Å². The lowest BCUT2D eigenvalue weighted by atomic mass is 10.1. The van der Waals surface area contributed by atoms with Gasteiger partial charge in [0.1, 0.15) is 0 Å². The van der Waals surface area contributed by atoms with E-state index < -0.39 is 0 Å². The van der Waals surface area contributed by atoms with Gasteiger partial charge in [0.25, 0.3) is 0 Å². The van der Waals surface area contributed by atoms with E-state index in [1.54, 1.807) is 7.11 Å². The average molecular weight is 313 g/mol. The summed E-state index contributed by atoms with van der Waals surface area (Å²) >= 11 is 6.47. The van der Waals surface area contributed by atoms with E-state index in [0.717, 1.165) is 56.5 Å². The third-order valence-electron chi connectivity index (χ3n) is 3.62. The van der Waals surface area contributed by atoms with Gasteiger partial charge in [0.05, 0.1) is 23.4 Å². The number of ether oxygens (including phenoxy) is 2. The van der Waals surface area contributed by atoms with Crippen LogP contribution in [0.3, 0.4) is 0 Å². The number of benzene rings is 1. The van der Waals surface area contributed by atoms with E-state index in [0.29, 0.717) is 0 Å². The number of hydrogen-bond acceptors (Lipinski definition) is 4. The van der Waals surface area contributed by atoms with Crippen molar-refractivity contribution < 1.29 is 9.47 Å². The SMILES string of the molecule is COCCNCc1ccc(N2CCCOC(C)C2)c(Cl)c1. The Bertz CT molecular complexity index is 442. The molecule has 1 aromatic rings. The maximum absolute atomic E-state index is 6.47. The molecule has 1 aromatic carbocycles. The van der Waals surface area contributed by atoms with Crippen molar-refractivity contribution in [1.29, 1.82) is 0 Å². The minimum Gasteiger partial charge on any atom is -0.383 e. The predicted octanol–water partition coefficient (Wildman–Crippen LogP) is 2.69. The number of methoxy groups -OCH3 is 1. The fourth-order valence-electron chi connectivity index (χ4n) is 2.54. The standard InChI is InChI=1S/C16H25ClN2O2/c1-13-12-19(7-3-8-21-13)16-5-4-14(10-15(16)17)11-18-6-9-20-2/h4-5,10,13,18H,3,6-9,11-12H2,1-2H3. The van der Waals surface area contributed by atoms with Crippen molar-refractivity contribution in [3.8, 4) is 0 Å². The Morgan fingerprint density at radius 2 is 2.33 bits per heavy atom. The third-order valence-corrected chi connectivity index (χ3v) is 3.92. The number of halogens is 1. The van der Waals surface area contributed by atoms with Gasteiger partial charge in [-0.1, -0.05) is 17.7 Å². The first-order chi connectivity index (χ1) is 10.2. The molecule has 1 unspecified atom stereocenters. The Kier molecular flexibility index (Phi) is 6.77. The smallest absolute Gasteiger partial charge is 0.0721 e. The Hall–Kier alpha value is -0.810. The molecule has 1 heterocycles. The van der Waals surface area contributed by atoms with Gasteiger partial charge in [0.15, 0.2) is 0 Å². The fraction of sp³-hybridized carbons (Fsp3) is 0.625. The Morgan fingerprint density at radius 1 is 1.48 bits per heavy atom. The number of nitrogens with one attached hydrogen (secondary N) is 1. The van der Waals surface area contributed by atoms with E-state index in [4.69, 9.17) is 21.1 Å². The Morgan fingerprint density at radius 3 is 3.10 bits per heavy atom. The topological polar surface area (TPSA) is 33.7 Å². The molecular weight excluding hydrogens is 288 g/mol. The molecule has 0 saturated carbocycles. The lowest BCUT2D eigenvalue weighted by Gasteiger charge is -2.25. The molecule has 21 heavy (non-hydrogen) atoms. The van der Waals surface area contributed by atoms with Crippen LogP contribution in [0.25, 0.3) is 0 Å². The summed E-state index contributed by atoms with van der Waals surface area (Å²) in [5.74, 6) is 0. The highest BCUT2D eigenvalue weighted by molar-refractivity contribution is 6.33. The zero-order chi connectivity index (χ0) is 15.1. The van der Waals surface area contributed by atoms with Crippen molar-refractivity contribution in [2.75, 3.05) is 44.9 Å². The van der Waals surface area contributed by atoms with E-state index >= 15 is 0 Å². The molecule has 1 saturated heterocycles. The van der Waals surface area contributed by atoms with Crippen molar-refractivity contribution in [2.45, 2.75) is 26.0 Å². The Labute approximate surface area is 132 Å². The van der Waals surface area contributed by atoms with Crippen LogP contribution in [0.15, 0.2) is 18.2 Å². The summed E-state index contributed by atoms with van der Waals surface area (Å²) in [5.41, 5.74) is 2.30. The molecule has 0 radical (unpaired) electrons. The van der Waals surface area contributed by atoms with Crippen LogP contribution in [0, 0.1) is 0 Å². The molecule has 2 rings (SSSR count). The van der Waals surface area contributed by atoms with Gasteiger partial charge in [-0.2, -0.15) is 0 Å². The van der Waals surface area contributed by atoms with Gasteiger partial charge >= 0.3 is 0 Å². The lowest BCUT2D eigenvalue weighted by Crippen LogP contribution is -2.30. The van der Waals surface area contributed by atoms with E-state index in [9.17, 15) is 0 Å². The van der Waals surface area contributed by atoms with Crippen LogP contribution in [0.4, 0.5) is 5.69 Å². The van der Waals surface area contributed by atoms with E-state index in [-0.39, 0.29) is 6.10 Å². The van der Waals surface area contributed by atoms with Crippen LogP contribution in [0.1, 0.15) is 18.9 Å². The van der Waals surface area contributed by atoms with Crippen LogP contribution in [0.2, 0.25) is 5.02 Å². The number of rotatable bonds is 6. The second-order valence-corrected chi connectivity index (χ2v) is 5.84. The molecule has 1 fully saturated rings. The van der Waals surface area contributed by atoms with Crippen LogP contribution in [0.5, 0.6) is 0 Å². The predicted molar refractivity (Wildman–Crippen MR) is 87.3 cm³/mol. The molecule has 0 amide bonds. The van der Waals surface area contributed by atoms with Crippen molar-refractivity contribution in [3.05, 3.63) is 28.8 Å². The van der Waals surface area contributed by atoms with Crippen LogP contribution < -0.4 is 10.2 Å². The van der Waals surface area contributed by atoms with Gasteiger partial charge in [-0.3, -0.25) is 0 Å². The number of hydrogen-bond donors (Lipinski definition) is 1. The molecule has 1 aliphatic rings. The first kappa shape index (κ1) is 16.6. The van der Waals surface area contributed by atoms with E-state index in [1.807, 2.05) is 6.07 Å². The van der Waals surface area contributed by atoms with Crippen molar-refractivity contribution in [3.63, 3.8) is 0 Å². The second-order valence-electron chi connectivity index (χ2n) is 5.44. The molecule has 0 spiro atoms. The van der Waals surface area contributed by atoms with Gasteiger partial charge in [-0.25, -0.2) is 0 Å². The van der Waals surface area contributed by atoms with Gasteiger partial charge in [0.2, 0.25) is 0 Å². The molecule has 118 valence electrons. The molecular formula is C16H25ClN2O2. The highest BCUT2D eigenvalue weighted by Gasteiger charge is 2.17. The summed E-state index contributed by atoms with van der Waals surface area (Å²) in [5, 5.41) is 4.14. The van der Waals surface area contributed by atoms with E-state index in [1.165, 1.54) is 5.56 Å².